The van der Waals surface area contributed by atoms with Crippen molar-refractivity contribution in [3.8, 4) is 11.1 Å². The van der Waals surface area contributed by atoms with Gasteiger partial charge >= 0.3 is 5.97 Å². The highest BCUT2D eigenvalue weighted by molar-refractivity contribution is 5.86. The summed E-state index contributed by atoms with van der Waals surface area (Å²) in [5.74, 6) is -1.01. The average Bonchev–Trinajstić information content (AvgIpc) is 3.91. The summed E-state index contributed by atoms with van der Waals surface area (Å²) in [6.45, 7) is 11.2. The van der Waals surface area contributed by atoms with Crippen molar-refractivity contribution in [1.29, 1.82) is 0 Å². The molecule has 2 amide bonds. The van der Waals surface area contributed by atoms with Crippen LogP contribution in [0.15, 0.2) is 60.9 Å². The van der Waals surface area contributed by atoms with Gasteiger partial charge < -0.3 is 45.2 Å². The second kappa shape index (κ2) is 16.5. The van der Waals surface area contributed by atoms with E-state index in [1.54, 1.807) is 4.90 Å². The smallest absolute Gasteiger partial charge is 0.306 e. The van der Waals surface area contributed by atoms with Crippen LogP contribution in [0, 0.1) is 11.8 Å². The summed E-state index contributed by atoms with van der Waals surface area (Å²) < 4.78 is 15.4. The van der Waals surface area contributed by atoms with E-state index in [1.165, 1.54) is 20.2 Å². The number of aliphatic hydroxyl groups is 1. The number of esters is 1. The van der Waals surface area contributed by atoms with Crippen molar-refractivity contribution in [3.05, 3.63) is 72.3 Å². The van der Waals surface area contributed by atoms with Gasteiger partial charge in [-0.2, -0.15) is 0 Å². The van der Waals surface area contributed by atoms with Gasteiger partial charge in [-0.25, -0.2) is 4.98 Å². The monoisotopic (exact) mass is 729 g/mol. The van der Waals surface area contributed by atoms with Crippen LogP contribution in [0.4, 0.5) is 0 Å². The van der Waals surface area contributed by atoms with Crippen LogP contribution in [0.5, 0.6) is 0 Å². The minimum atomic E-state index is -0.999. The fourth-order valence-electron chi connectivity index (χ4n) is 7.43. The number of hydrogen-bond acceptors (Lipinski definition) is 11. The number of fused-ring (bicyclic) bond motifs is 1. The zero-order chi connectivity index (χ0) is 37.8. The molecule has 53 heavy (non-hydrogen) atoms. The van der Waals surface area contributed by atoms with Gasteiger partial charge in [0.25, 0.3) is 0 Å². The Bertz CT molecular complexity index is 1830. The van der Waals surface area contributed by atoms with E-state index in [0.29, 0.717) is 30.3 Å². The number of hydrogen-bond donors (Lipinski definition) is 5. The molecule has 2 aromatic carbocycles. The molecule has 0 spiro atoms. The Labute approximate surface area is 309 Å². The minimum absolute atomic E-state index is 0.0109. The lowest BCUT2D eigenvalue weighted by Crippen LogP contribution is -2.57. The molecule has 14 heteroatoms. The first-order valence-electron chi connectivity index (χ1n) is 18.3. The second-order valence-corrected chi connectivity index (χ2v) is 14.3. The summed E-state index contributed by atoms with van der Waals surface area (Å²) >= 11 is 0. The van der Waals surface area contributed by atoms with Crippen molar-refractivity contribution >= 4 is 34.5 Å². The van der Waals surface area contributed by atoms with Crippen LogP contribution in [-0.4, -0.2) is 94.3 Å². The van der Waals surface area contributed by atoms with Gasteiger partial charge in [-0.3, -0.25) is 19.7 Å². The van der Waals surface area contributed by atoms with Gasteiger partial charge in [0, 0.05) is 25.0 Å². The van der Waals surface area contributed by atoms with Crippen molar-refractivity contribution in [2.75, 3.05) is 27.0 Å². The lowest BCUT2D eigenvalue weighted by molar-refractivity contribution is -0.335. The molecule has 3 aromatic rings. The molecule has 6 rings (SSSR count). The molecule has 6 N–H and O–H groups in total. The first-order valence-corrected chi connectivity index (χ1v) is 18.3. The van der Waals surface area contributed by atoms with Gasteiger partial charge in [0.1, 0.15) is 5.82 Å². The summed E-state index contributed by atoms with van der Waals surface area (Å²) in [5, 5.41) is 16.9. The van der Waals surface area contributed by atoms with Crippen molar-refractivity contribution in [3.63, 3.8) is 0 Å². The molecule has 0 radical (unpaired) electrons. The van der Waals surface area contributed by atoms with E-state index in [2.05, 4.69) is 22.2 Å². The first-order chi connectivity index (χ1) is 25.5. The number of nitrogens with two attached hydrogens (primary N) is 1. The SMILES string of the molecule is C=C(N/C(=C\N)c1ccc(-c2ccc3nc([C@@H]4CCCN4C(=O)[C@@H](CC(=O)OC)[C@H](C)O)[nH]c3c2)cc1)[C@@H]1CCCN1C(=O)[C@@H](NC1OCO1)C(C)C. The van der Waals surface area contributed by atoms with Crippen molar-refractivity contribution < 1.29 is 33.7 Å². The number of carbonyl (C=O) groups excluding carboxylic acids is 3. The molecule has 14 nitrogen and oxygen atoms in total. The minimum Gasteiger partial charge on any atom is -0.469 e. The zero-order valence-electron chi connectivity index (χ0n) is 30.8. The van der Waals surface area contributed by atoms with Crippen molar-refractivity contribution in [1.82, 2.24) is 30.4 Å². The number of amides is 2. The Balaban J connectivity index is 1.12. The lowest BCUT2D eigenvalue weighted by atomic mass is 9.97. The van der Waals surface area contributed by atoms with E-state index in [4.69, 9.17) is 24.9 Å². The van der Waals surface area contributed by atoms with Crippen LogP contribution in [0.2, 0.25) is 0 Å². The molecule has 3 fully saturated rings. The molecule has 4 heterocycles. The van der Waals surface area contributed by atoms with Crippen LogP contribution in [0.25, 0.3) is 27.9 Å². The Hall–Kier alpha value is -4.76. The predicted octanol–water partition coefficient (Wildman–Crippen LogP) is 3.71. The van der Waals surface area contributed by atoms with E-state index in [0.717, 1.165) is 53.4 Å². The predicted molar refractivity (Wildman–Crippen MR) is 199 cm³/mol. The number of aromatic nitrogens is 2. The molecular formula is C39H51N7O7. The number of methoxy groups -OCH3 is 1. The molecule has 5 atom stereocenters. The summed E-state index contributed by atoms with van der Waals surface area (Å²) in [5.41, 5.74) is 11.9. The van der Waals surface area contributed by atoms with Gasteiger partial charge in [-0.1, -0.05) is 50.8 Å². The number of ether oxygens (including phenoxy) is 3. The van der Waals surface area contributed by atoms with Crippen molar-refractivity contribution in [2.45, 2.75) is 83.5 Å². The van der Waals surface area contributed by atoms with Crippen molar-refractivity contribution in [2.24, 2.45) is 17.6 Å². The Kier molecular flexibility index (Phi) is 11.8. The molecule has 0 bridgehead atoms. The molecule has 0 unspecified atom stereocenters. The molecule has 0 saturated carbocycles. The fourth-order valence-corrected chi connectivity index (χ4v) is 7.43. The van der Waals surface area contributed by atoms with Gasteiger partial charge in [0.2, 0.25) is 18.2 Å². The summed E-state index contributed by atoms with van der Waals surface area (Å²) in [6.07, 6.45) is 2.93. The number of benzene rings is 2. The number of aromatic amines is 1. The highest BCUT2D eigenvalue weighted by atomic mass is 16.9. The number of carbonyl (C=O) groups is 3. The number of rotatable bonds is 14. The molecule has 3 saturated heterocycles. The summed E-state index contributed by atoms with van der Waals surface area (Å²) in [4.78, 5) is 51.0. The Morgan fingerprint density at radius 3 is 2.40 bits per heavy atom. The number of nitrogens with zero attached hydrogens (tertiary/aromatic N) is 3. The molecule has 3 aliphatic heterocycles. The number of imidazole rings is 1. The van der Waals surface area contributed by atoms with E-state index >= 15 is 0 Å². The van der Waals surface area contributed by atoms with E-state index < -0.39 is 30.4 Å². The molecule has 0 aliphatic carbocycles. The maximum atomic E-state index is 13.7. The third-order valence-electron chi connectivity index (χ3n) is 10.5. The Morgan fingerprint density at radius 1 is 1.06 bits per heavy atom. The van der Waals surface area contributed by atoms with Gasteiger partial charge in [-0.15, -0.1) is 0 Å². The number of aliphatic hydroxyl groups excluding tert-OH is 1. The number of nitrogens with one attached hydrogen (secondary N) is 3. The molecule has 284 valence electrons. The van der Waals surface area contributed by atoms with E-state index in [-0.39, 0.29) is 43.0 Å². The largest absolute Gasteiger partial charge is 0.469 e. The Morgan fingerprint density at radius 2 is 1.75 bits per heavy atom. The topological polar surface area (TPSA) is 184 Å². The van der Waals surface area contributed by atoms with Crippen LogP contribution < -0.4 is 16.4 Å². The van der Waals surface area contributed by atoms with E-state index in [1.807, 2.05) is 61.2 Å². The maximum absolute atomic E-state index is 13.7. The van der Waals surface area contributed by atoms with Gasteiger partial charge in [-0.05, 0) is 67.3 Å². The first kappa shape index (κ1) is 38.0. The maximum Gasteiger partial charge on any atom is 0.306 e. The zero-order valence-corrected chi connectivity index (χ0v) is 30.8. The third-order valence-corrected chi connectivity index (χ3v) is 10.5. The summed E-state index contributed by atoms with van der Waals surface area (Å²) in [7, 11) is 1.27. The van der Waals surface area contributed by atoms with Gasteiger partial charge in [0.05, 0.1) is 60.4 Å². The normalized spacial score (nSPS) is 21.1. The van der Waals surface area contributed by atoms with Gasteiger partial charge in [0.15, 0.2) is 6.79 Å². The molecular weight excluding hydrogens is 678 g/mol. The number of likely N-dealkylation sites (tertiary alicyclic amines) is 2. The average molecular weight is 730 g/mol. The van der Waals surface area contributed by atoms with Crippen LogP contribution in [0.1, 0.15) is 70.3 Å². The highest BCUT2D eigenvalue weighted by Crippen LogP contribution is 2.35. The summed E-state index contributed by atoms with van der Waals surface area (Å²) in [6, 6.07) is 13.1. The molecule has 1 aromatic heterocycles. The molecule has 3 aliphatic rings. The highest BCUT2D eigenvalue weighted by Gasteiger charge is 2.39. The van der Waals surface area contributed by atoms with E-state index in [9.17, 15) is 19.5 Å². The number of H-pyrrole nitrogens is 1. The standard InChI is InChI=1S/C39H51N7O7/c1-22(2)35(44-39-52-21-53-39)38(50)45-16-6-8-32(45)23(3)41-31(20-40)26-12-10-25(11-13-26)27-14-15-29-30(18-27)43-36(42-29)33-9-7-17-46(33)37(49)28(24(4)47)19-34(48)51-5/h10-15,18,20,22,24,28,32-33,35,39,41,44,47H,3,6-9,16-17,19,21,40H2,1-2,4-5H3,(H,42,43)/b31-20-/t24-,28-,32-,33-,35-/m0/s1. The van der Waals surface area contributed by atoms with Crippen LogP contribution in [-0.2, 0) is 28.6 Å². The van der Waals surface area contributed by atoms with Crippen LogP contribution >= 0.6 is 0 Å². The second-order valence-electron chi connectivity index (χ2n) is 14.3. The third kappa shape index (κ3) is 8.25. The lowest BCUT2D eigenvalue weighted by Gasteiger charge is -2.36. The quantitative estimate of drug-likeness (QED) is 0.153. The fraction of sp³-hybridized carbons (Fsp3) is 0.487. The van der Waals surface area contributed by atoms with Crippen LogP contribution in [0.3, 0.4) is 0 Å².